The minimum absolute atomic E-state index is 0.0583. The molecule has 2 aromatic heterocycles. The summed E-state index contributed by atoms with van der Waals surface area (Å²) in [4.78, 5) is 9.04. The topological polar surface area (TPSA) is 46.0 Å². The Morgan fingerprint density at radius 2 is 1.50 bits per heavy atom. The van der Waals surface area contributed by atoms with Crippen LogP contribution < -0.4 is 0 Å². The minimum Gasteiger partial charge on any atom is -0.392 e. The monoisotopic (exact) mass is 326 g/mol. The van der Waals surface area contributed by atoms with Gasteiger partial charge in [0.2, 0.25) is 0 Å². The fourth-order valence-corrected chi connectivity index (χ4v) is 2.92. The zero-order chi connectivity index (χ0) is 17.5. The molecule has 0 spiro atoms. The van der Waals surface area contributed by atoms with E-state index in [2.05, 4.69) is 49.8 Å². The molecule has 2 atom stereocenters. The summed E-state index contributed by atoms with van der Waals surface area (Å²) in [6, 6.07) is 8.38. The van der Waals surface area contributed by atoms with Gasteiger partial charge in [-0.25, -0.2) is 0 Å². The molecule has 24 heavy (non-hydrogen) atoms. The number of aliphatic hydroxyl groups is 1. The Morgan fingerprint density at radius 3 is 2.04 bits per heavy atom. The Bertz CT molecular complexity index is 605. The number of rotatable bonds is 8. The third-order valence-electron chi connectivity index (χ3n) is 4.78. The molecule has 2 heterocycles. The van der Waals surface area contributed by atoms with Gasteiger partial charge in [-0.2, -0.15) is 0 Å². The Kier molecular flexibility index (Phi) is 6.92. The highest BCUT2D eigenvalue weighted by molar-refractivity contribution is 5.19. The van der Waals surface area contributed by atoms with Gasteiger partial charge in [0.1, 0.15) is 0 Å². The second-order valence-corrected chi connectivity index (χ2v) is 7.15. The van der Waals surface area contributed by atoms with Crippen LogP contribution in [-0.4, -0.2) is 15.1 Å². The van der Waals surface area contributed by atoms with Crippen LogP contribution in [0.1, 0.15) is 87.2 Å². The van der Waals surface area contributed by atoms with E-state index in [4.69, 9.17) is 5.11 Å². The number of nitrogens with zero attached hydrogens (tertiary/aromatic N) is 2. The van der Waals surface area contributed by atoms with Crippen molar-refractivity contribution in [2.75, 3.05) is 0 Å². The summed E-state index contributed by atoms with van der Waals surface area (Å²) >= 11 is 0. The second-order valence-electron chi connectivity index (χ2n) is 7.15. The van der Waals surface area contributed by atoms with E-state index in [1.165, 1.54) is 18.4 Å². The molecule has 3 heteroatoms. The van der Waals surface area contributed by atoms with Gasteiger partial charge in [0.05, 0.1) is 6.61 Å². The molecule has 0 bridgehead atoms. The Labute approximate surface area is 146 Å². The van der Waals surface area contributed by atoms with Crippen molar-refractivity contribution in [1.29, 1.82) is 0 Å². The summed E-state index contributed by atoms with van der Waals surface area (Å²) in [5.41, 5.74) is 4.48. The maximum absolute atomic E-state index is 9.08. The first-order chi connectivity index (χ1) is 11.5. The molecule has 0 aliphatic heterocycles. The molecule has 1 unspecified atom stereocenters. The van der Waals surface area contributed by atoms with E-state index in [0.717, 1.165) is 23.4 Å². The summed E-state index contributed by atoms with van der Waals surface area (Å²) in [6.45, 7) is 8.92. The lowest BCUT2D eigenvalue weighted by Crippen LogP contribution is -2.01. The molecular formula is C21H30N2O. The van der Waals surface area contributed by atoms with Crippen LogP contribution in [0.25, 0.3) is 0 Å². The lowest BCUT2D eigenvalue weighted by molar-refractivity contribution is 0.281. The molecule has 0 saturated heterocycles. The zero-order valence-corrected chi connectivity index (χ0v) is 15.4. The molecule has 0 aromatic carbocycles. The van der Waals surface area contributed by atoms with Crippen LogP contribution in [-0.2, 0) is 6.61 Å². The van der Waals surface area contributed by atoms with Crippen molar-refractivity contribution in [3.8, 4) is 0 Å². The average molecular weight is 326 g/mol. The molecule has 130 valence electrons. The average Bonchev–Trinajstić information content (AvgIpc) is 2.61. The van der Waals surface area contributed by atoms with E-state index in [1.807, 2.05) is 18.3 Å². The van der Waals surface area contributed by atoms with Gasteiger partial charge in [-0.3, -0.25) is 9.97 Å². The maximum Gasteiger partial charge on any atom is 0.0696 e. The van der Waals surface area contributed by atoms with Gasteiger partial charge < -0.3 is 5.11 Å². The van der Waals surface area contributed by atoms with E-state index in [1.54, 1.807) is 6.20 Å². The SMILES string of the molecule is CC(C)c1ccc([C@H](C)CCCC(C)c2ccc(CO)cn2)cn1. The van der Waals surface area contributed by atoms with Crippen molar-refractivity contribution in [3.05, 3.63) is 59.2 Å². The van der Waals surface area contributed by atoms with Crippen LogP contribution >= 0.6 is 0 Å². The Balaban J connectivity index is 1.81. The van der Waals surface area contributed by atoms with Gasteiger partial charge in [0.15, 0.2) is 0 Å². The molecule has 1 N–H and O–H groups in total. The zero-order valence-electron chi connectivity index (χ0n) is 15.4. The lowest BCUT2D eigenvalue weighted by atomic mass is 9.92. The van der Waals surface area contributed by atoms with Crippen LogP contribution in [0, 0.1) is 0 Å². The molecule has 0 aliphatic rings. The smallest absolute Gasteiger partial charge is 0.0696 e. The van der Waals surface area contributed by atoms with Crippen molar-refractivity contribution >= 4 is 0 Å². The number of hydrogen-bond donors (Lipinski definition) is 1. The molecule has 3 nitrogen and oxygen atoms in total. The first kappa shape index (κ1) is 18.6. The standard InChI is InChI=1S/C21H30N2O/c1-15(2)20-11-9-19(13-23-20)16(3)6-5-7-17(4)21-10-8-18(14-24)12-22-21/h8-13,15-17,24H,5-7,14H2,1-4H3/t16-,17?/m1/s1. The quantitative estimate of drug-likeness (QED) is 0.728. The summed E-state index contributed by atoms with van der Waals surface area (Å²) in [5, 5.41) is 9.08. The normalized spacial score (nSPS) is 13.9. The molecule has 0 radical (unpaired) electrons. The highest BCUT2D eigenvalue weighted by Gasteiger charge is 2.11. The maximum atomic E-state index is 9.08. The minimum atomic E-state index is 0.0583. The Hall–Kier alpha value is -1.74. The van der Waals surface area contributed by atoms with Gasteiger partial charge >= 0.3 is 0 Å². The van der Waals surface area contributed by atoms with Gasteiger partial charge in [0, 0.05) is 23.8 Å². The van der Waals surface area contributed by atoms with E-state index >= 15 is 0 Å². The van der Waals surface area contributed by atoms with Crippen LogP contribution in [0.15, 0.2) is 36.7 Å². The predicted octanol–water partition coefficient (Wildman–Crippen LogP) is 5.17. The molecule has 0 amide bonds. The molecule has 2 rings (SSSR count). The summed E-state index contributed by atoms with van der Waals surface area (Å²) in [5.74, 6) is 1.47. The Morgan fingerprint density at radius 1 is 0.833 bits per heavy atom. The van der Waals surface area contributed by atoms with Crippen molar-refractivity contribution in [1.82, 2.24) is 9.97 Å². The van der Waals surface area contributed by atoms with E-state index in [9.17, 15) is 0 Å². The van der Waals surface area contributed by atoms with Gasteiger partial charge in [0.25, 0.3) is 0 Å². The number of aromatic nitrogens is 2. The fraction of sp³-hybridized carbons (Fsp3) is 0.524. The van der Waals surface area contributed by atoms with Crippen molar-refractivity contribution in [2.24, 2.45) is 0 Å². The summed E-state index contributed by atoms with van der Waals surface area (Å²) in [7, 11) is 0. The van der Waals surface area contributed by atoms with Crippen molar-refractivity contribution in [2.45, 2.75) is 71.3 Å². The van der Waals surface area contributed by atoms with Gasteiger partial charge in [-0.1, -0.05) is 46.2 Å². The van der Waals surface area contributed by atoms with Gasteiger partial charge in [-0.15, -0.1) is 0 Å². The second kappa shape index (κ2) is 8.93. The van der Waals surface area contributed by atoms with E-state index in [0.29, 0.717) is 17.8 Å². The molecule has 0 aliphatic carbocycles. The van der Waals surface area contributed by atoms with Crippen molar-refractivity contribution < 1.29 is 5.11 Å². The summed E-state index contributed by atoms with van der Waals surface area (Å²) < 4.78 is 0. The largest absolute Gasteiger partial charge is 0.392 e. The first-order valence-corrected chi connectivity index (χ1v) is 9.02. The van der Waals surface area contributed by atoms with Gasteiger partial charge in [-0.05, 0) is 53.9 Å². The fourth-order valence-electron chi connectivity index (χ4n) is 2.92. The number of hydrogen-bond acceptors (Lipinski definition) is 3. The van der Waals surface area contributed by atoms with Crippen LogP contribution in [0.2, 0.25) is 0 Å². The van der Waals surface area contributed by atoms with Crippen LogP contribution in [0.3, 0.4) is 0 Å². The number of pyridine rings is 2. The van der Waals surface area contributed by atoms with E-state index in [-0.39, 0.29) is 6.61 Å². The van der Waals surface area contributed by atoms with Crippen LogP contribution in [0.5, 0.6) is 0 Å². The molecule has 0 fully saturated rings. The van der Waals surface area contributed by atoms with Crippen LogP contribution in [0.4, 0.5) is 0 Å². The molecule has 2 aromatic rings. The first-order valence-electron chi connectivity index (χ1n) is 9.02. The highest BCUT2D eigenvalue weighted by atomic mass is 16.3. The molecule has 0 saturated carbocycles. The van der Waals surface area contributed by atoms with E-state index < -0.39 is 0 Å². The third-order valence-corrected chi connectivity index (χ3v) is 4.78. The third kappa shape index (κ3) is 5.13. The van der Waals surface area contributed by atoms with Crippen molar-refractivity contribution in [3.63, 3.8) is 0 Å². The molecular weight excluding hydrogens is 296 g/mol. The number of aliphatic hydroxyl groups excluding tert-OH is 1. The predicted molar refractivity (Wildman–Crippen MR) is 99.2 cm³/mol. The lowest BCUT2D eigenvalue weighted by Gasteiger charge is -2.15. The highest BCUT2D eigenvalue weighted by Crippen LogP contribution is 2.26. The summed E-state index contributed by atoms with van der Waals surface area (Å²) in [6.07, 6.45) is 7.29.